The fraction of sp³-hybridized carbons (Fsp3) is 0.222. The molecule has 2 aromatic rings. The first-order valence-corrected chi connectivity index (χ1v) is 8.21. The lowest BCUT2D eigenvalue weighted by Gasteiger charge is -2.10. The minimum Gasteiger partial charge on any atom is -0.425 e. The molecule has 0 unspecified atom stereocenters. The molecule has 0 saturated heterocycles. The van der Waals surface area contributed by atoms with E-state index in [1.807, 2.05) is 44.2 Å². The molecule has 0 heterocycles. The topological polar surface area (TPSA) is 55.4 Å². The predicted molar refractivity (Wildman–Crippen MR) is 93.0 cm³/mol. The lowest BCUT2D eigenvalue weighted by molar-refractivity contribution is -0.131. The summed E-state index contributed by atoms with van der Waals surface area (Å²) < 4.78 is 5.46. The molecule has 1 N–H and O–H groups in total. The van der Waals surface area contributed by atoms with E-state index in [4.69, 9.17) is 4.74 Å². The quantitative estimate of drug-likeness (QED) is 0.512. The number of carbonyl (C=O) groups excluding carboxylic acids is 2. The molecule has 0 aliphatic heterocycles. The van der Waals surface area contributed by atoms with Crippen LogP contribution in [-0.2, 0) is 9.59 Å². The zero-order valence-corrected chi connectivity index (χ0v) is 14.2. The van der Waals surface area contributed by atoms with Crippen molar-refractivity contribution in [1.29, 1.82) is 0 Å². The molecule has 2 aromatic carbocycles. The van der Waals surface area contributed by atoms with Crippen LogP contribution < -0.4 is 10.1 Å². The van der Waals surface area contributed by atoms with E-state index in [0.29, 0.717) is 5.75 Å². The molecule has 0 aliphatic rings. The average molecular weight is 329 g/mol. The van der Waals surface area contributed by atoms with Gasteiger partial charge in [0.1, 0.15) is 5.75 Å². The fourth-order valence-corrected chi connectivity index (χ4v) is 2.76. The molecule has 0 saturated carbocycles. The highest BCUT2D eigenvalue weighted by atomic mass is 32.2. The monoisotopic (exact) mass is 329 g/mol. The maximum atomic E-state index is 12.0. The molecule has 1 amide bonds. The molecule has 0 atom stereocenters. The lowest BCUT2D eigenvalue weighted by Crippen LogP contribution is -2.12. The number of thioether (sulfide) groups is 1. The fourth-order valence-electron chi connectivity index (χ4n) is 2.08. The van der Waals surface area contributed by atoms with Crippen LogP contribution in [0, 0.1) is 13.8 Å². The normalized spacial score (nSPS) is 10.2. The van der Waals surface area contributed by atoms with Crippen molar-refractivity contribution in [3.05, 3.63) is 53.6 Å². The van der Waals surface area contributed by atoms with Crippen LogP contribution in [0.2, 0.25) is 0 Å². The smallest absolute Gasteiger partial charge is 0.321 e. The standard InChI is InChI=1S/C18H19NO3S/c1-12-5-4-6-13(2)18(12)22-17(21)11-23-16-9-7-15(8-10-16)19-14(3)20/h4-10H,11H2,1-3H3,(H,19,20). The maximum absolute atomic E-state index is 12.0. The number of hydrogen-bond donors (Lipinski definition) is 1. The highest BCUT2D eigenvalue weighted by Gasteiger charge is 2.10. The van der Waals surface area contributed by atoms with E-state index in [1.165, 1.54) is 18.7 Å². The van der Waals surface area contributed by atoms with Crippen molar-refractivity contribution in [2.45, 2.75) is 25.7 Å². The first kappa shape index (κ1) is 17.1. The van der Waals surface area contributed by atoms with Gasteiger partial charge in [0, 0.05) is 17.5 Å². The van der Waals surface area contributed by atoms with Gasteiger partial charge in [-0.25, -0.2) is 0 Å². The molecule has 0 bridgehead atoms. The van der Waals surface area contributed by atoms with E-state index in [2.05, 4.69) is 5.32 Å². The number of rotatable bonds is 5. The van der Waals surface area contributed by atoms with Gasteiger partial charge in [-0.3, -0.25) is 9.59 Å². The number of nitrogens with one attached hydrogen (secondary N) is 1. The van der Waals surface area contributed by atoms with Gasteiger partial charge in [0.25, 0.3) is 0 Å². The second-order valence-electron chi connectivity index (χ2n) is 5.19. The minimum absolute atomic E-state index is 0.109. The Bertz CT molecular complexity index is 690. The van der Waals surface area contributed by atoms with Crippen molar-refractivity contribution in [2.24, 2.45) is 0 Å². The molecule has 0 fully saturated rings. The average Bonchev–Trinajstić information content (AvgIpc) is 2.50. The van der Waals surface area contributed by atoms with Crippen LogP contribution in [0.15, 0.2) is 47.4 Å². The van der Waals surface area contributed by atoms with Gasteiger partial charge in [-0.2, -0.15) is 0 Å². The summed E-state index contributed by atoms with van der Waals surface area (Å²) in [5, 5.41) is 2.70. The van der Waals surface area contributed by atoms with E-state index in [-0.39, 0.29) is 17.6 Å². The van der Waals surface area contributed by atoms with Crippen molar-refractivity contribution in [1.82, 2.24) is 0 Å². The predicted octanol–water partition coefficient (Wildman–Crippen LogP) is 3.96. The molecule has 4 nitrogen and oxygen atoms in total. The molecule has 2 rings (SSSR count). The van der Waals surface area contributed by atoms with Crippen molar-refractivity contribution < 1.29 is 14.3 Å². The summed E-state index contributed by atoms with van der Waals surface area (Å²) in [5.74, 6) is 0.479. The van der Waals surface area contributed by atoms with Gasteiger partial charge in [0.15, 0.2) is 0 Å². The number of hydrogen-bond acceptors (Lipinski definition) is 4. The number of para-hydroxylation sites is 1. The number of anilines is 1. The zero-order chi connectivity index (χ0) is 16.8. The van der Waals surface area contributed by atoms with Gasteiger partial charge in [-0.05, 0) is 49.2 Å². The Morgan fingerprint density at radius 3 is 2.22 bits per heavy atom. The number of carbonyl (C=O) groups is 2. The number of ether oxygens (including phenoxy) is 1. The Labute approximate surface area is 140 Å². The Hall–Kier alpha value is -2.27. The summed E-state index contributed by atoms with van der Waals surface area (Å²) >= 11 is 1.40. The second-order valence-corrected chi connectivity index (χ2v) is 6.24. The number of amides is 1. The van der Waals surface area contributed by atoms with Crippen LogP contribution in [0.4, 0.5) is 5.69 Å². The van der Waals surface area contributed by atoms with Crippen molar-refractivity contribution >= 4 is 29.3 Å². The third-order valence-corrected chi connectivity index (χ3v) is 4.14. The Balaban J connectivity index is 1.90. The molecule has 5 heteroatoms. The van der Waals surface area contributed by atoms with E-state index >= 15 is 0 Å². The molecule has 0 radical (unpaired) electrons. The van der Waals surface area contributed by atoms with Gasteiger partial charge in [-0.1, -0.05) is 18.2 Å². The van der Waals surface area contributed by atoms with Crippen LogP contribution in [0.3, 0.4) is 0 Å². The summed E-state index contributed by atoms with van der Waals surface area (Å²) in [6.07, 6.45) is 0. The van der Waals surface area contributed by atoms with Crippen molar-refractivity contribution in [3.8, 4) is 5.75 Å². The number of esters is 1. The first-order valence-electron chi connectivity index (χ1n) is 7.23. The molecule has 0 aromatic heterocycles. The summed E-state index contributed by atoms with van der Waals surface area (Å²) in [4.78, 5) is 23.9. The van der Waals surface area contributed by atoms with Gasteiger partial charge in [0.05, 0.1) is 5.75 Å². The molecule has 0 spiro atoms. The highest BCUT2D eigenvalue weighted by Crippen LogP contribution is 2.24. The van der Waals surface area contributed by atoms with Crippen LogP contribution in [0.5, 0.6) is 5.75 Å². The maximum Gasteiger partial charge on any atom is 0.321 e. The van der Waals surface area contributed by atoms with Crippen LogP contribution in [-0.4, -0.2) is 17.6 Å². The first-order chi connectivity index (χ1) is 11.0. The van der Waals surface area contributed by atoms with Crippen molar-refractivity contribution in [2.75, 3.05) is 11.1 Å². The van der Waals surface area contributed by atoms with Crippen LogP contribution in [0.1, 0.15) is 18.1 Å². The van der Waals surface area contributed by atoms with Crippen LogP contribution in [0.25, 0.3) is 0 Å². The van der Waals surface area contributed by atoms with E-state index in [0.717, 1.165) is 21.7 Å². The Kier molecular flexibility index (Phi) is 5.82. The largest absolute Gasteiger partial charge is 0.425 e. The minimum atomic E-state index is -0.279. The molecular weight excluding hydrogens is 310 g/mol. The Morgan fingerprint density at radius 1 is 1.04 bits per heavy atom. The molecular formula is C18H19NO3S. The highest BCUT2D eigenvalue weighted by molar-refractivity contribution is 8.00. The third-order valence-electron chi connectivity index (χ3n) is 3.16. The number of aryl methyl sites for hydroxylation is 2. The number of benzene rings is 2. The molecule has 23 heavy (non-hydrogen) atoms. The van der Waals surface area contributed by atoms with Gasteiger partial charge in [-0.15, -0.1) is 11.8 Å². The Morgan fingerprint density at radius 2 is 1.65 bits per heavy atom. The van der Waals surface area contributed by atoms with E-state index in [9.17, 15) is 9.59 Å². The van der Waals surface area contributed by atoms with Gasteiger partial charge in [0.2, 0.25) is 5.91 Å². The summed E-state index contributed by atoms with van der Waals surface area (Å²) in [7, 11) is 0. The summed E-state index contributed by atoms with van der Waals surface area (Å²) in [6.45, 7) is 5.30. The lowest BCUT2D eigenvalue weighted by atomic mass is 10.1. The third kappa shape index (κ3) is 5.14. The van der Waals surface area contributed by atoms with Crippen LogP contribution >= 0.6 is 11.8 Å². The van der Waals surface area contributed by atoms with E-state index < -0.39 is 0 Å². The second kappa shape index (κ2) is 7.83. The molecule has 0 aliphatic carbocycles. The molecule has 120 valence electrons. The SMILES string of the molecule is CC(=O)Nc1ccc(SCC(=O)Oc2c(C)cccc2C)cc1. The van der Waals surface area contributed by atoms with Gasteiger partial charge < -0.3 is 10.1 Å². The van der Waals surface area contributed by atoms with Crippen molar-refractivity contribution in [3.63, 3.8) is 0 Å². The van der Waals surface area contributed by atoms with E-state index in [1.54, 1.807) is 12.1 Å². The zero-order valence-electron chi connectivity index (χ0n) is 13.4. The summed E-state index contributed by atoms with van der Waals surface area (Å²) in [6, 6.07) is 13.1. The summed E-state index contributed by atoms with van der Waals surface area (Å²) in [5.41, 5.74) is 2.63. The van der Waals surface area contributed by atoms with Gasteiger partial charge >= 0.3 is 5.97 Å².